The van der Waals surface area contributed by atoms with Gasteiger partial charge in [0.15, 0.2) is 0 Å². The van der Waals surface area contributed by atoms with Gasteiger partial charge >= 0.3 is 5.97 Å². The van der Waals surface area contributed by atoms with Gasteiger partial charge in [-0.05, 0) is 56.5 Å². The van der Waals surface area contributed by atoms with Crippen LogP contribution in [0.25, 0.3) is 0 Å². The lowest BCUT2D eigenvalue weighted by Crippen LogP contribution is -2.29. The van der Waals surface area contributed by atoms with Gasteiger partial charge in [0.25, 0.3) is 5.91 Å². The quantitative estimate of drug-likeness (QED) is 0.833. The van der Waals surface area contributed by atoms with E-state index < -0.39 is 0 Å². The molecule has 3 rings (SSSR count). The maximum atomic E-state index is 12.5. The number of amides is 1. The fraction of sp³-hybridized carbons (Fsp3) is 0.350. The number of nitrogens with zero attached hydrogens (tertiary/aromatic N) is 2. The number of carbonyl (C=O) groups is 2. The molecule has 1 saturated heterocycles. The molecule has 1 aromatic heterocycles. The standard InChI is InChI=1S/C20H23N3O3/c1-2-26-20(25)15-6-8-17(9-7-15)22-19(24)16-12-18(14-21-13-16)23-10-4-3-5-11-23/h6-9,12-14H,2-5,10-11H2,1H3,(H,22,24). The normalized spacial score (nSPS) is 14.0. The van der Waals surface area contributed by atoms with Gasteiger partial charge in [0.1, 0.15) is 0 Å². The van der Waals surface area contributed by atoms with Crippen molar-refractivity contribution in [2.45, 2.75) is 26.2 Å². The summed E-state index contributed by atoms with van der Waals surface area (Å²) in [6.07, 6.45) is 6.96. The van der Waals surface area contributed by atoms with Crippen molar-refractivity contribution in [2.24, 2.45) is 0 Å². The van der Waals surface area contributed by atoms with Gasteiger partial charge in [-0.25, -0.2) is 4.79 Å². The van der Waals surface area contributed by atoms with Crippen LogP contribution in [0.15, 0.2) is 42.7 Å². The number of anilines is 2. The number of rotatable bonds is 5. The molecule has 6 nitrogen and oxygen atoms in total. The highest BCUT2D eigenvalue weighted by molar-refractivity contribution is 6.04. The molecule has 1 aliphatic rings. The number of carbonyl (C=O) groups excluding carboxylic acids is 2. The molecule has 1 N–H and O–H groups in total. The molecule has 2 heterocycles. The van der Waals surface area contributed by atoms with Gasteiger partial charge in [0.05, 0.1) is 29.6 Å². The van der Waals surface area contributed by atoms with Crippen LogP contribution in [0.3, 0.4) is 0 Å². The Hall–Kier alpha value is -2.89. The molecule has 2 aromatic rings. The summed E-state index contributed by atoms with van der Waals surface area (Å²) in [6.45, 7) is 4.10. The first-order valence-electron chi connectivity index (χ1n) is 8.96. The van der Waals surface area contributed by atoms with Crippen LogP contribution in [0.1, 0.15) is 46.9 Å². The van der Waals surface area contributed by atoms with E-state index in [9.17, 15) is 9.59 Å². The van der Waals surface area contributed by atoms with Crippen molar-refractivity contribution in [2.75, 3.05) is 29.9 Å². The number of pyridine rings is 1. The number of ether oxygens (including phenoxy) is 1. The molecule has 1 fully saturated rings. The van der Waals surface area contributed by atoms with Crippen LogP contribution in [0.4, 0.5) is 11.4 Å². The monoisotopic (exact) mass is 353 g/mol. The highest BCUT2D eigenvalue weighted by atomic mass is 16.5. The lowest BCUT2D eigenvalue weighted by molar-refractivity contribution is 0.0526. The minimum Gasteiger partial charge on any atom is -0.462 e. The Morgan fingerprint density at radius 1 is 1.08 bits per heavy atom. The smallest absolute Gasteiger partial charge is 0.338 e. The Bertz CT molecular complexity index is 768. The maximum absolute atomic E-state index is 12.5. The third kappa shape index (κ3) is 4.39. The predicted octanol–water partition coefficient (Wildman–Crippen LogP) is 3.50. The van der Waals surface area contributed by atoms with Gasteiger partial charge < -0.3 is 15.0 Å². The van der Waals surface area contributed by atoms with E-state index in [2.05, 4.69) is 15.2 Å². The van der Waals surface area contributed by atoms with Crippen molar-refractivity contribution in [3.05, 3.63) is 53.9 Å². The fourth-order valence-electron chi connectivity index (χ4n) is 2.98. The third-order valence-corrected chi connectivity index (χ3v) is 4.36. The minimum absolute atomic E-state index is 0.222. The van der Waals surface area contributed by atoms with Crippen molar-refractivity contribution in [1.82, 2.24) is 4.98 Å². The molecule has 0 bridgehead atoms. The summed E-state index contributed by atoms with van der Waals surface area (Å²) in [7, 11) is 0. The molecule has 1 aromatic carbocycles. The summed E-state index contributed by atoms with van der Waals surface area (Å²) < 4.78 is 4.95. The van der Waals surface area contributed by atoms with E-state index >= 15 is 0 Å². The number of esters is 1. The van der Waals surface area contributed by atoms with Crippen LogP contribution in [-0.2, 0) is 4.74 Å². The molecule has 26 heavy (non-hydrogen) atoms. The van der Waals surface area contributed by atoms with E-state index in [0.717, 1.165) is 18.8 Å². The van der Waals surface area contributed by atoms with Crippen molar-refractivity contribution in [3.8, 4) is 0 Å². The van der Waals surface area contributed by atoms with Gasteiger partial charge in [-0.15, -0.1) is 0 Å². The third-order valence-electron chi connectivity index (χ3n) is 4.36. The Morgan fingerprint density at radius 2 is 1.81 bits per heavy atom. The van der Waals surface area contributed by atoms with E-state index in [1.165, 1.54) is 19.3 Å². The fourth-order valence-corrected chi connectivity index (χ4v) is 2.98. The second-order valence-electron chi connectivity index (χ2n) is 6.23. The van der Waals surface area contributed by atoms with Gasteiger partial charge in [-0.2, -0.15) is 0 Å². The zero-order valence-corrected chi connectivity index (χ0v) is 14.9. The van der Waals surface area contributed by atoms with E-state index in [1.54, 1.807) is 43.6 Å². The number of benzene rings is 1. The lowest BCUT2D eigenvalue weighted by Gasteiger charge is -2.28. The SMILES string of the molecule is CCOC(=O)c1ccc(NC(=O)c2cncc(N3CCCCC3)c2)cc1. The second-order valence-corrected chi connectivity index (χ2v) is 6.23. The summed E-state index contributed by atoms with van der Waals surface area (Å²) in [5.74, 6) is -0.593. The number of aromatic nitrogens is 1. The van der Waals surface area contributed by atoms with Crippen LogP contribution < -0.4 is 10.2 Å². The van der Waals surface area contributed by atoms with Crippen LogP contribution in [0, 0.1) is 0 Å². The Labute approximate surface area is 153 Å². The van der Waals surface area contributed by atoms with Gasteiger partial charge in [-0.3, -0.25) is 9.78 Å². The number of piperidine rings is 1. The van der Waals surface area contributed by atoms with E-state index in [-0.39, 0.29) is 11.9 Å². The molecule has 0 unspecified atom stereocenters. The van der Waals surface area contributed by atoms with Crippen LogP contribution >= 0.6 is 0 Å². The van der Waals surface area contributed by atoms with Crippen molar-refractivity contribution >= 4 is 23.3 Å². The Morgan fingerprint density at radius 3 is 2.50 bits per heavy atom. The average Bonchev–Trinajstić information content (AvgIpc) is 2.69. The molecular formula is C20H23N3O3. The van der Waals surface area contributed by atoms with E-state index in [1.807, 2.05) is 6.07 Å². The van der Waals surface area contributed by atoms with Crippen molar-refractivity contribution in [1.29, 1.82) is 0 Å². The van der Waals surface area contributed by atoms with E-state index in [4.69, 9.17) is 4.74 Å². The highest BCUT2D eigenvalue weighted by Crippen LogP contribution is 2.20. The van der Waals surface area contributed by atoms with Crippen molar-refractivity contribution < 1.29 is 14.3 Å². The summed E-state index contributed by atoms with van der Waals surface area (Å²) in [6, 6.07) is 8.52. The van der Waals surface area contributed by atoms with Gasteiger partial charge in [0.2, 0.25) is 0 Å². The van der Waals surface area contributed by atoms with Gasteiger partial charge in [0, 0.05) is 25.0 Å². The number of nitrogens with one attached hydrogen (secondary N) is 1. The molecule has 0 spiro atoms. The van der Waals surface area contributed by atoms with Crippen LogP contribution in [0.2, 0.25) is 0 Å². The number of hydrogen-bond acceptors (Lipinski definition) is 5. The molecule has 0 atom stereocenters. The maximum Gasteiger partial charge on any atom is 0.338 e. The topological polar surface area (TPSA) is 71.5 Å². The predicted molar refractivity (Wildman–Crippen MR) is 101 cm³/mol. The summed E-state index contributed by atoms with van der Waals surface area (Å²) in [5, 5.41) is 2.84. The van der Waals surface area contributed by atoms with E-state index in [0.29, 0.717) is 23.4 Å². The van der Waals surface area contributed by atoms with Crippen LogP contribution in [0.5, 0.6) is 0 Å². The highest BCUT2D eigenvalue weighted by Gasteiger charge is 2.14. The summed E-state index contributed by atoms with van der Waals surface area (Å²) in [4.78, 5) is 30.7. The molecule has 1 aliphatic heterocycles. The molecule has 136 valence electrons. The summed E-state index contributed by atoms with van der Waals surface area (Å²) >= 11 is 0. The van der Waals surface area contributed by atoms with Gasteiger partial charge in [-0.1, -0.05) is 0 Å². The molecule has 1 amide bonds. The molecule has 0 radical (unpaired) electrons. The zero-order valence-electron chi connectivity index (χ0n) is 14.9. The second kappa shape index (κ2) is 8.47. The zero-order chi connectivity index (χ0) is 18.4. The molecular weight excluding hydrogens is 330 g/mol. The lowest BCUT2D eigenvalue weighted by atomic mass is 10.1. The largest absolute Gasteiger partial charge is 0.462 e. The molecule has 6 heteroatoms. The number of hydrogen-bond donors (Lipinski definition) is 1. The Kier molecular flexibility index (Phi) is 5.84. The first-order valence-corrected chi connectivity index (χ1v) is 8.96. The minimum atomic E-state index is -0.371. The summed E-state index contributed by atoms with van der Waals surface area (Å²) in [5.41, 5.74) is 2.57. The Balaban J connectivity index is 1.67. The van der Waals surface area contributed by atoms with Crippen molar-refractivity contribution in [3.63, 3.8) is 0 Å². The average molecular weight is 353 g/mol. The first kappa shape index (κ1) is 17.9. The molecule has 0 saturated carbocycles. The molecule has 0 aliphatic carbocycles. The first-order chi connectivity index (χ1) is 12.7. The van der Waals surface area contributed by atoms with Crippen LogP contribution in [-0.4, -0.2) is 36.6 Å².